The first kappa shape index (κ1) is 14.1. The van der Waals surface area contributed by atoms with Crippen molar-refractivity contribution >= 4 is 17.2 Å². The molecule has 2 rings (SSSR count). The fraction of sp³-hybridized carbons (Fsp3) is 0.500. The molecule has 0 bridgehead atoms. The Morgan fingerprint density at radius 2 is 2.16 bits per heavy atom. The number of carbonyl (C=O) groups excluding carboxylic acids is 1. The van der Waals surface area contributed by atoms with Gasteiger partial charge in [-0.3, -0.25) is 4.79 Å². The summed E-state index contributed by atoms with van der Waals surface area (Å²) in [7, 11) is 0. The lowest BCUT2D eigenvalue weighted by molar-refractivity contribution is 0.0644. The van der Waals surface area contributed by atoms with Crippen LogP contribution in [0.25, 0.3) is 0 Å². The van der Waals surface area contributed by atoms with Crippen molar-refractivity contribution in [2.24, 2.45) is 5.73 Å². The molecule has 1 aromatic rings. The van der Waals surface area contributed by atoms with Crippen LogP contribution in [0.4, 0.5) is 0 Å². The van der Waals surface area contributed by atoms with Crippen LogP contribution in [0.2, 0.25) is 0 Å². The van der Waals surface area contributed by atoms with E-state index in [1.165, 1.54) is 11.3 Å². The van der Waals surface area contributed by atoms with Crippen LogP contribution in [-0.4, -0.2) is 55.0 Å². The van der Waals surface area contributed by atoms with E-state index in [1.54, 1.807) is 0 Å². The molecule has 1 saturated heterocycles. The highest BCUT2D eigenvalue weighted by Crippen LogP contribution is 2.16. The lowest BCUT2D eigenvalue weighted by Gasteiger charge is -2.33. The summed E-state index contributed by atoms with van der Waals surface area (Å²) in [4.78, 5) is 17.5. The molecule has 19 heavy (non-hydrogen) atoms. The summed E-state index contributed by atoms with van der Waals surface area (Å²) < 4.78 is 0. The number of amides is 1. The zero-order chi connectivity index (χ0) is 13.7. The Bertz CT molecular complexity index is 492. The minimum Gasteiger partial charge on any atom is -0.336 e. The fourth-order valence-electron chi connectivity index (χ4n) is 2.10. The maximum Gasteiger partial charge on any atom is 0.254 e. The third-order valence-electron chi connectivity index (χ3n) is 3.27. The number of hydrogen-bond acceptors (Lipinski definition) is 4. The zero-order valence-electron chi connectivity index (χ0n) is 11.2. The third-order valence-corrected chi connectivity index (χ3v) is 4.11. The van der Waals surface area contributed by atoms with Crippen molar-refractivity contribution in [2.45, 2.75) is 6.92 Å². The van der Waals surface area contributed by atoms with E-state index in [9.17, 15) is 4.79 Å². The number of likely N-dealkylation sites (N-methyl/N-ethyl adjacent to an activating group) is 1. The second kappa shape index (κ2) is 6.71. The van der Waals surface area contributed by atoms with Gasteiger partial charge in [0.25, 0.3) is 5.91 Å². The van der Waals surface area contributed by atoms with Gasteiger partial charge < -0.3 is 15.5 Å². The van der Waals surface area contributed by atoms with Crippen LogP contribution in [0, 0.1) is 11.8 Å². The normalized spacial score (nSPS) is 16.0. The molecule has 1 aliphatic rings. The van der Waals surface area contributed by atoms with Crippen LogP contribution in [-0.2, 0) is 0 Å². The maximum atomic E-state index is 12.3. The summed E-state index contributed by atoms with van der Waals surface area (Å²) in [5, 5.41) is 1.88. The van der Waals surface area contributed by atoms with Crippen molar-refractivity contribution < 1.29 is 4.79 Å². The van der Waals surface area contributed by atoms with Gasteiger partial charge in [-0.15, -0.1) is 11.3 Å². The summed E-state index contributed by atoms with van der Waals surface area (Å²) >= 11 is 1.50. The van der Waals surface area contributed by atoms with Crippen molar-refractivity contribution in [3.05, 3.63) is 21.9 Å². The van der Waals surface area contributed by atoms with Gasteiger partial charge in [0.15, 0.2) is 0 Å². The Kier molecular flexibility index (Phi) is 4.97. The van der Waals surface area contributed by atoms with Crippen LogP contribution in [0.15, 0.2) is 11.4 Å². The molecule has 2 N–H and O–H groups in total. The molecule has 0 spiro atoms. The zero-order valence-corrected chi connectivity index (χ0v) is 12.0. The second-order valence-corrected chi connectivity index (χ2v) is 5.34. The number of nitrogens with two attached hydrogens (primary N) is 1. The summed E-state index contributed by atoms with van der Waals surface area (Å²) in [6, 6.07) is 1.86. The smallest absolute Gasteiger partial charge is 0.254 e. The van der Waals surface area contributed by atoms with E-state index in [1.807, 2.05) is 16.3 Å². The minimum atomic E-state index is 0.118. The highest BCUT2D eigenvalue weighted by Gasteiger charge is 2.21. The second-order valence-electron chi connectivity index (χ2n) is 4.43. The Labute approximate surface area is 118 Å². The SMILES string of the molecule is CCN1CCN(C(=O)c2csc(C#CCN)c2)CC1. The molecule has 1 aliphatic heterocycles. The van der Waals surface area contributed by atoms with Gasteiger partial charge in [0.1, 0.15) is 0 Å². The molecule has 4 nitrogen and oxygen atoms in total. The van der Waals surface area contributed by atoms with Crippen molar-refractivity contribution in [2.75, 3.05) is 39.3 Å². The first-order chi connectivity index (χ1) is 9.24. The molecule has 0 unspecified atom stereocenters. The quantitative estimate of drug-likeness (QED) is 0.815. The predicted molar refractivity (Wildman–Crippen MR) is 78.3 cm³/mol. The van der Waals surface area contributed by atoms with Crippen molar-refractivity contribution in [1.29, 1.82) is 0 Å². The molecular weight excluding hydrogens is 258 g/mol. The molecule has 102 valence electrons. The molecular formula is C14H19N3OS. The number of rotatable bonds is 2. The van der Waals surface area contributed by atoms with E-state index in [0.29, 0.717) is 6.54 Å². The minimum absolute atomic E-state index is 0.118. The molecule has 0 radical (unpaired) electrons. The molecule has 1 fully saturated rings. The number of piperazine rings is 1. The van der Waals surface area contributed by atoms with Crippen LogP contribution < -0.4 is 5.73 Å². The number of thiophene rings is 1. The van der Waals surface area contributed by atoms with Gasteiger partial charge in [-0.1, -0.05) is 18.8 Å². The van der Waals surface area contributed by atoms with Gasteiger partial charge in [-0.25, -0.2) is 0 Å². The lowest BCUT2D eigenvalue weighted by atomic mass is 10.2. The van der Waals surface area contributed by atoms with Crippen molar-refractivity contribution in [1.82, 2.24) is 9.80 Å². The van der Waals surface area contributed by atoms with Crippen LogP contribution in [0.3, 0.4) is 0 Å². The topological polar surface area (TPSA) is 49.6 Å². The van der Waals surface area contributed by atoms with Crippen LogP contribution in [0.1, 0.15) is 22.2 Å². The Hall–Kier alpha value is -1.35. The van der Waals surface area contributed by atoms with E-state index in [2.05, 4.69) is 23.7 Å². The van der Waals surface area contributed by atoms with Crippen molar-refractivity contribution in [3.8, 4) is 11.8 Å². The fourth-order valence-corrected chi connectivity index (χ4v) is 2.85. The Morgan fingerprint density at radius 1 is 1.42 bits per heavy atom. The highest BCUT2D eigenvalue weighted by atomic mass is 32.1. The first-order valence-corrected chi connectivity index (χ1v) is 7.41. The predicted octanol–water partition coefficient (Wildman–Crippen LogP) is 0.836. The van der Waals surface area contributed by atoms with Gasteiger partial charge in [0, 0.05) is 31.6 Å². The average Bonchev–Trinajstić information content (AvgIpc) is 2.93. The third kappa shape index (κ3) is 3.57. The maximum absolute atomic E-state index is 12.3. The van der Waals surface area contributed by atoms with Gasteiger partial charge in [-0.05, 0) is 12.6 Å². The molecule has 0 aromatic carbocycles. The van der Waals surface area contributed by atoms with Crippen LogP contribution in [0.5, 0.6) is 0 Å². The van der Waals surface area contributed by atoms with Crippen LogP contribution >= 0.6 is 11.3 Å². The number of hydrogen-bond donors (Lipinski definition) is 1. The largest absolute Gasteiger partial charge is 0.336 e. The molecule has 1 amide bonds. The molecule has 5 heteroatoms. The molecule has 2 heterocycles. The van der Waals surface area contributed by atoms with Gasteiger partial charge in [0.2, 0.25) is 0 Å². The first-order valence-electron chi connectivity index (χ1n) is 6.53. The van der Waals surface area contributed by atoms with Crippen molar-refractivity contribution in [3.63, 3.8) is 0 Å². The summed E-state index contributed by atoms with van der Waals surface area (Å²) in [6.07, 6.45) is 0. The molecule has 0 aliphatic carbocycles. The summed E-state index contributed by atoms with van der Waals surface area (Å²) in [5.74, 6) is 5.89. The number of nitrogens with zero attached hydrogens (tertiary/aromatic N) is 2. The standard InChI is InChI=1S/C14H19N3OS/c1-2-16-6-8-17(9-7-16)14(18)12-10-13(19-11-12)4-3-5-15/h10-11H,2,5-9,15H2,1H3. The molecule has 0 saturated carbocycles. The summed E-state index contributed by atoms with van der Waals surface area (Å²) in [6.45, 7) is 7.11. The summed E-state index contributed by atoms with van der Waals surface area (Å²) in [5.41, 5.74) is 6.08. The van der Waals surface area contributed by atoms with E-state index < -0.39 is 0 Å². The Morgan fingerprint density at radius 3 is 2.79 bits per heavy atom. The van der Waals surface area contributed by atoms with E-state index in [-0.39, 0.29) is 5.91 Å². The Balaban J connectivity index is 1.98. The van der Waals surface area contributed by atoms with Gasteiger partial charge >= 0.3 is 0 Å². The number of carbonyl (C=O) groups is 1. The molecule has 0 atom stereocenters. The van der Waals surface area contributed by atoms with Gasteiger partial charge in [-0.2, -0.15) is 0 Å². The van der Waals surface area contributed by atoms with E-state index in [4.69, 9.17) is 5.73 Å². The monoisotopic (exact) mass is 277 g/mol. The van der Waals surface area contributed by atoms with E-state index >= 15 is 0 Å². The average molecular weight is 277 g/mol. The molecule has 1 aromatic heterocycles. The van der Waals surface area contributed by atoms with Gasteiger partial charge in [0.05, 0.1) is 17.0 Å². The lowest BCUT2D eigenvalue weighted by Crippen LogP contribution is -2.48. The van der Waals surface area contributed by atoms with E-state index in [0.717, 1.165) is 43.2 Å². The highest BCUT2D eigenvalue weighted by molar-refractivity contribution is 7.10.